The Morgan fingerprint density at radius 1 is 1.38 bits per heavy atom. The number of rotatable bonds is 4. The molecule has 0 bridgehead atoms. The molecule has 2 rings (SSSR count). The number of amides is 1. The topological polar surface area (TPSA) is 84.3 Å². The molecule has 114 valence electrons. The van der Waals surface area contributed by atoms with Crippen molar-refractivity contribution in [2.45, 2.75) is 24.6 Å². The first-order valence-corrected chi connectivity index (χ1v) is 6.05. The summed E-state index contributed by atoms with van der Waals surface area (Å²) in [4.78, 5) is 22.0. The van der Waals surface area contributed by atoms with Crippen LogP contribution in [0, 0.1) is 10.1 Å². The predicted octanol–water partition coefficient (Wildman–Crippen LogP) is 2.46. The molecular weight excluding hydrogens is 291 g/mol. The molecule has 1 aromatic carbocycles. The smallest absolute Gasteiger partial charge is 0.387 e. The zero-order valence-electron chi connectivity index (χ0n) is 11.0. The van der Waals surface area contributed by atoms with Crippen molar-refractivity contribution in [1.82, 2.24) is 5.32 Å². The summed E-state index contributed by atoms with van der Waals surface area (Å²) < 4.78 is 38.5. The van der Waals surface area contributed by atoms with Gasteiger partial charge in [0.15, 0.2) is 0 Å². The second-order valence-electron chi connectivity index (χ2n) is 4.77. The van der Waals surface area contributed by atoms with E-state index in [4.69, 9.17) is 0 Å². The molecule has 1 amide bonds. The van der Waals surface area contributed by atoms with E-state index in [-0.39, 0.29) is 29.8 Å². The number of alkyl halides is 3. The Hall–Kier alpha value is -2.32. The van der Waals surface area contributed by atoms with Crippen molar-refractivity contribution in [2.24, 2.45) is 0 Å². The second kappa shape index (κ2) is 4.90. The molecule has 1 saturated carbocycles. The first kappa shape index (κ1) is 15.1. The summed E-state index contributed by atoms with van der Waals surface area (Å²) in [5, 5.41) is 15.3. The van der Waals surface area contributed by atoms with Gasteiger partial charge in [-0.25, -0.2) is 0 Å². The van der Waals surface area contributed by atoms with Crippen molar-refractivity contribution in [3.63, 3.8) is 0 Å². The molecule has 0 spiro atoms. The molecule has 0 aliphatic heterocycles. The molecule has 0 saturated heterocycles. The molecule has 0 atom stereocenters. The molecule has 0 unspecified atom stereocenters. The molecule has 1 aromatic rings. The highest BCUT2D eigenvalue weighted by atomic mass is 19.4. The van der Waals surface area contributed by atoms with Crippen LogP contribution in [0.25, 0.3) is 0 Å². The van der Waals surface area contributed by atoms with E-state index in [9.17, 15) is 28.1 Å². The van der Waals surface area contributed by atoms with Gasteiger partial charge in [-0.1, -0.05) is 0 Å². The Morgan fingerprint density at radius 3 is 2.43 bits per heavy atom. The van der Waals surface area contributed by atoms with Gasteiger partial charge in [0.1, 0.15) is 5.54 Å². The van der Waals surface area contributed by atoms with Gasteiger partial charge in [0.05, 0.1) is 10.5 Å². The normalized spacial score (nSPS) is 16.2. The third kappa shape index (κ3) is 2.76. The van der Waals surface area contributed by atoms with Crippen molar-refractivity contribution in [3.05, 3.63) is 33.9 Å². The summed E-state index contributed by atoms with van der Waals surface area (Å²) in [5.74, 6) is -0.988. The minimum absolute atomic E-state index is 0.188. The lowest BCUT2D eigenvalue weighted by atomic mass is 10.1. The van der Waals surface area contributed by atoms with Crippen molar-refractivity contribution in [3.8, 4) is 0 Å². The van der Waals surface area contributed by atoms with E-state index in [0.717, 1.165) is 6.07 Å². The summed E-state index contributed by atoms with van der Waals surface area (Å²) in [5.41, 5.74) is -2.55. The Morgan fingerprint density at radius 2 is 2.00 bits per heavy atom. The molecule has 0 radical (unpaired) electrons. The van der Waals surface area contributed by atoms with Gasteiger partial charge in [-0.3, -0.25) is 14.9 Å². The minimum atomic E-state index is -4.54. The van der Waals surface area contributed by atoms with E-state index >= 15 is 0 Å². The number of nitrogens with one attached hydrogen (secondary N) is 2. The van der Waals surface area contributed by atoms with Gasteiger partial charge in [0.25, 0.3) is 11.6 Å². The summed E-state index contributed by atoms with van der Waals surface area (Å²) in [7, 11) is 1.47. The number of non-ortho nitro benzene ring substituents is 1. The number of carbonyl (C=O) groups is 1. The molecule has 0 aromatic heterocycles. The summed E-state index contributed by atoms with van der Waals surface area (Å²) in [6, 6.07) is 3.40. The number of nitro groups is 1. The lowest BCUT2D eigenvalue weighted by Crippen LogP contribution is -2.48. The first-order chi connectivity index (χ1) is 9.70. The Bertz CT molecular complexity index is 597. The summed E-state index contributed by atoms with van der Waals surface area (Å²) in [6.07, 6.45) is -4.92. The number of halogens is 3. The van der Waals surface area contributed by atoms with E-state index in [1.807, 2.05) is 5.32 Å². The highest BCUT2D eigenvalue weighted by Crippen LogP contribution is 2.49. The fourth-order valence-corrected chi connectivity index (χ4v) is 1.94. The van der Waals surface area contributed by atoms with Gasteiger partial charge < -0.3 is 10.6 Å². The van der Waals surface area contributed by atoms with Crippen LogP contribution in [-0.2, 0) is 0 Å². The van der Waals surface area contributed by atoms with Gasteiger partial charge in [-0.2, -0.15) is 13.2 Å². The van der Waals surface area contributed by atoms with Crippen LogP contribution < -0.4 is 10.6 Å². The minimum Gasteiger partial charge on any atom is -0.387 e. The van der Waals surface area contributed by atoms with Crippen LogP contribution >= 0.6 is 0 Å². The molecule has 1 fully saturated rings. The summed E-state index contributed by atoms with van der Waals surface area (Å²) >= 11 is 0. The van der Waals surface area contributed by atoms with E-state index in [0.29, 0.717) is 0 Å². The number of nitro benzene ring substituents is 1. The van der Waals surface area contributed by atoms with Crippen molar-refractivity contribution >= 4 is 17.3 Å². The summed E-state index contributed by atoms with van der Waals surface area (Å²) in [6.45, 7) is 0. The quantitative estimate of drug-likeness (QED) is 0.661. The standard InChI is InChI=1S/C12H12F3N3O3/c1-16-9-3-2-7(18(20)21)6-8(9)10(19)17-11(4-5-11)12(13,14)15/h2-3,6,16H,4-5H2,1H3,(H,17,19). The third-order valence-corrected chi connectivity index (χ3v) is 3.37. The lowest BCUT2D eigenvalue weighted by molar-refractivity contribution is -0.384. The Labute approximate surface area is 117 Å². The van der Waals surface area contributed by atoms with Crippen LogP contribution in [0.3, 0.4) is 0 Å². The number of hydrogen-bond acceptors (Lipinski definition) is 4. The number of hydrogen-bond donors (Lipinski definition) is 2. The molecule has 2 N–H and O–H groups in total. The van der Waals surface area contributed by atoms with Crippen molar-refractivity contribution in [2.75, 3.05) is 12.4 Å². The lowest BCUT2D eigenvalue weighted by Gasteiger charge is -2.21. The maximum Gasteiger partial charge on any atom is 0.411 e. The zero-order valence-corrected chi connectivity index (χ0v) is 11.0. The van der Waals surface area contributed by atoms with Gasteiger partial charge in [-0.05, 0) is 18.9 Å². The Kier molecular flexibility index (Phi) is 3.52. The highest BCUT2D eigenvalue weighted by Gasteiger charge is 2.64. The van der Waals surface area contributed by atoms with Gasteiger partial charge in [0.2, 0.25) is 0 Å². The van der Waals surface area contributed by atoms with Gasteiger partial charge in [-0.15, -0.1) is 0 Å². The van der Waals surface area contributed by atoms with Crippen molar-refractivity contribution < 1.29 is 22.9 Å². The fraction of sp³-hybridized carbons (Fsp3) is 0.417. The van der Waals surface area contributed by atoms with Crippen LogP contribution in [0.1, 0.15) is 23.2 Å². The van der Waals surface area contributed by atoms with Gasteiger partial charge >= 0.3 is 6.18 Å². The largest absolute Gasteiger partial charge is 0.411 e. The van der Waals surface area contributed by atoms with E-state index in [1.54, 1.807) is 0 Å². The first-order valence-electron chi connectivity index (χ1n) is 6.05. The second-order valence-corrected chi connectivity index (χ2v) is 4.77. The van der Waals surface area contributed by atoms with E-state index < -0.39 is 22.5 Å². The average Bonchev–Trinajstić information content (AvgIpc) is 3.18. The number of carbonyl (C=O) groups excluding carboxylic acids is 1. The van der Waals surface area contributed by atoms with Crippen molar-refractivity contribution in [1.29, 1.82) is 0 Å². The maximum atomic E-state index is 12.8. The van der Waals surface area contributed by atoms with Crippen LogP contribution in [0.4, 0.5) is 24.5 Å². The average molecular weight is 303 g/mol. The SMILES string of the molecule is CNc1ccc([N+](=O)[O-])cc1C(=O)NC1(C(F)(F)F)CC1. The number of nitrogens with zero attached hydrogens (tertiary/aromatic N) is 1. The molecule has 0 heterocycles. The Balaban J connectivity index is 2.31. The third-order valence-electron chi connectivity index (χ3n) is 3.37. The molecule has 9 heteroatoms. The number of benzene rings is 1. The maximum absolute atomic E-state index is 12.8. The van der Waals surface area contributed by atoms with Crippen LogP contribution in [-0.4, -0.2) is 29.6 Å². The zero-order chi connectivity index (χ0) is 15.8. The predicted molar refractivity (Wildman–Crippen MR) is 68.1 cm³/mol. The molecule has 1 aliphatic carbocycles. The van der Waals surface area contributed by atoms with Crippen LogP contribution in [0.15, 0.2) is 18.2 Å². The van der Waals surface area contributed by atoms with Crippen LogP contribution in [0.5, 0.6) is 0 Å². The fourth-order valence-electron chi connectivity index (χ4n) is 1.94. The van der Waals surface area contributed by atoms with Crippen LogP contribution in [0.2, 0.25) is 0 Å². The monoisotopic (exact) mass is 303 g/mol. The van der Waals surface area contributed by atoms with E-state index in [2.05, 4.69) is 5.32 Å². The molecular formula is C12H12F3N3O3. The molecule has 1 aliphatic rings. The highest BCUT2D eigenvalue weighted by molar-refractivity contribution is 6.01. The molecule has 6 nitrogen and oxygen atoms in total. The number of anilines is 1. The molecule has 21 heavy (non-hydrogen) atoms. The van der Waals surface area contributed by atoms with Gasteiger partial charge in [0, 0.05) is 24.9 Å². The van der Waals surface area contributed by atoms with E-state index in [1.165, 1.54) is 19.2 Å².